The normalized spacial score (nSPS) is 18.4. The second-order valence-corrected chi connectivity index (χ2v) is 3.08. The summed E-state index contributed by atoms with van der Waals surface area (Å²) in [5, 5.41) is 0. The van der Waals surface area contributed by atoms with Crippen LogP contribution in [-0.2, 0) is 6.42 Å². The molecule has 0 saturated heterocycles. The van der Waals surface area contributed by atoms with Crippen LogP contribution in [0.2, 0.25) is 0 Å². The maximum absolute atomic E-state index is 13.0. The lowest BCUT2D eigenvalue weighted by Crippen LogP contribution is -2.20. The summed E-state index contributed by atoms with van der Waals surface area (Å²) in [4.78, 5) is 0. The van der Waals surface area contributed by atoms with Crippen LogP contribution in [0.25, 0.3) is 6.08 Å². The number of halogens is 3. The van der Waals surface area contributed by atoms with Crippen molar-refractivity contribution in [3.8, 4) is 0 Å². The van der Waals surface area contributed by atoms with E-state index in [4.69, 9.17) is 0 Å². The van der Waals surface area contributed by atoms with Crippen LogP contribution in [0.3, 0.4) is 0 Å². The van der Waals surface area contributed by atoms with Gasteiger partial charge in [-0.25, -0.2) is 13.2 Å². The summed E-state index contributed by atoms with van der Waals surface area (Å²) >= 11 is 0. The number of allylic oxidation sites excluding steroid dienone is 1. The molecule has 0 fully saturated rings. The largest absolute Gasteiger partial charge is 0.270 e. The van der Waals surface area contributed by atoms with E-state index in [0.29, 0.717) is 5.56 Å². The first-order valence-corrected chi connectivity index (χ1v) is 3.93. The molecule has 2 rings (SSSR count). The standard InChI is InChI=1S/C10H7F3/c11-9-3-1-2-7-4-5-10(12,13)6-8(7)9/h1-5H,6H2. The zero-order chi connectivity index (χ0) is 9.47. The minimum Gasteiger partial charge on any atom is -0.207 e. The highest BCUT2D eigenvalue weighted by Gasteiger charge is 2.31. The molecule has 0 aliphatic heterocycles. The van der Waals surface area contributed by atoms with E-state index in [1.807, 2.05) is 0 Å². The molecule has 0 unspecified atom stereocenters. The average molecular weight is 184 g/mol. The van der Waals surface area contributed by atoms with Gasteiger partial charge < -0.3 is 0 Å². The molecule has 0 bridgehead atoms. The number of hydrogen-bond acceptors (Lipinski definition) is 0. The molecule has 1 aromatic rings. The van der Waals surface area contributed by atoms with Crippen LogP contribution in [0.1, 0.15) is 11.1 Å². The Balaban J connectivity index is 2.54. The third-order valence-corrected chi connectivity index (χ3v) is 2.07. The van der Waals surface area contributed by atoms with Crippen molar-refractivity contribution in [1.29, 1.82) is 0 Å². The van der Waals surface area contributed by atoms with Crippen LogP contribution in [-0.4, -0.2) is 5.92 Å². The van der Waals surface area contributed by atoms with Gasteiger partial charge in [0, 0.05) is 12.0 Å². The van der Waals surface area contributed by atoms with Gasteiger partial charge in [-0.3, -0.25) is 0 Å². The molecule has 1 aromatic carbocycles. The molecule has 0 radical (unpaired) electrons. The van der Waals surface area contributed by atoms with E-state index in [9.17, 15) is 13.2 Å². The summed E-state index contributed by atoms with van der Waals surface area (Å²) in [5.74, 6) is -3.46. The highest BCUT2D eigenvalue weighted by atomic mass is 19.3. The van der Waals surface area contributed by atoms with Crippen molar-refractivity contribution in [2.75, 3.05) is 0 Å². The molecule has 0 aromatic heterocycles. The summed E-state index contributed by atoms with van der Waals surface area (Å²) < 4.78 is 38.7. The summed E-state index contributed by atoms with van der Waals surface area (Å²) in [6.07, 6.45) is 1.54. The zero-order valence-electron chi connectivity index (χ0n) is 6.73. The molecule has 0 saturated carbocycles. The van der Waals surface area contributed by atoms with Gasteiger partial charge in [0.05, 0.1) is 0 Å². The molecule has 13 heavy (non-hydrogen) atoms. The molecule has 0 amide bonds. The third kappa shape index (κ3) is 1.46. The summed E-state index contributed by atoms with van der Waals surface area (Å²) in [7, 11) is 0. The van der Waals surface area contributed by atoms with Gasteiger partial charge in [0.2, 0.25) is 0 Å². The number of benzene rings is 1. The first-order chi connectivity index (χ1) is 6.08. The molecule has 0 nitrogen and oxygen atoms in total. The molecular formula is C10H7F3. The van der Waals surface area contributed by atoms with E-state index in [1.165, 1.54) is 18.2 Å². The second kappa shape index (κ2) is 2.62. The highest BCUT2D eigenvalue weighted by molar-refractivity contribution is 5.58. The van der Waals surface area contributed by atoms with E-state index < -0.39 is 18.2 Å². The number of hydrogen-bond donors (Lipinski definition) is 0. The van der Waals surface area contributed by atoms with Crippen molar-refractivity contribution in [2.45, 2.75) is 12.3 Å². The van der Waals surface area contributed by atoms with Crippen LogP contribution in [0.15, 0.2) is 24.3 Å². The molecule has 0 spiro atoms. The molecule has 1 aliphatic carbocycles. The fourth-order valence-electron chi connectivity index (χ4n) is 1.42. The van der Waals surface area contributed by atoms with Crippen LogP contribution in [0.4, 0.5) is 13.2 Å². The highest BCUT2D eigenvalue weighted by Crippen LogP contribution is 2.31. The summed E-state index contributed by atoms with van der Waals surface area (Å²) in [5.41, 5.74) is 0.654. The predicted octanol–water partition coefficient (Wildman–Crippen LogP) is 3.03. The summed E-state index contributed by atoms with van der Waals surface area (Å²) in [6, 6.07) is 4.35. The maximum Gasteiger partial charge on any atom is 0.270 e. The Labute approximate surface area is 73.7 Å². The Kier molecular flexibility index (Phi) is 1.68. The number of fused-ring (bicyclic) bond motifs is 1. The topological polar surface area (TPSA) is 0 Å². The Morgan fingerprint density at radius 1 is 1.23 bits per heavy atom. The minimum absolute atomic E-state index is 0.106. The third-order valence-electron chi connectivity index (χ3n) is 2.07. The molecule has 0 N–H and O–H groups in total. The minimum atomic E-state index is -2.91. The van der Waals surface area contributed by atoms with Gasteiger partial charge in [-0.2, -0.15) is 0 Å². The number of alkyl halides is 2. The molecule has 1 aliphatic rings. The van der Waals surface area contributed by atoms with Gasteiger partial charge in [0.25, 0.3) is 5.92 Å². The Bertz CT molecular complexity index is 366. The predicted molar refractivity (Wildman–Crippen MR) is 44.1 cm³/mol. The van der Waals surface area contributed by atoms with Gasteiger partial charge in [-0.15, -0.1) is 0 Å². The maximum atomic E-state index is 13.0. The molecule has 3 heteroatoms. The van der Waals surface area contributed by atoms with Gasteiger partial charge in [0.1, 0.15) is 5.82 Å². The Hall–Kier alpha value is -1.25. The van der Waals surface area contributed by atoms with Gasteiger partial charge in [0.15, 0.2) is 0 Å². The van der Waals surface area contributed by atoms with Crippen molar-refractivity contribution >= 4 is 6.08 Å². The van der Waals surface area contributed by atoms with E-state index in [0.717, 1.165) is 6.08 Å². The quantitative estimate of drug-likeness (QED) is 0.581. The molecule has 0 heterocycles. The molecule has 68 valence electrons. The SMILES string of the molecule is Fc1cccc2c1CC(F)(F)C=C2. The van der Waals surface area contributed by atoms with Crippen LogP contribution < -0.4 is 0 Å². The average Bonchev–Trinajstić information content (AvgIpc) is 2.06. The van der Waals surface area contributed by atoms with Crippen LogP contribution in [0, 0.1) is 5.82 Å². The van der Waals surface area contributed by atoms with E-state index in [1.54, 1.807) is 6.07 Å². The fraction of sp³-hybridized carbons (Fsp3) is 0.200. The van der Waals surface area contributed by atoms with Gasteiger partial charge in [-0.1, -0.05) is 18.2 Å². The van der Waals surface area contributed by atoms with E-state index in [2.05, 4.69) is 0 Å². The molecular weight excluding hydrogens is 177 g/mol. The van der Waals surface area contributed by atoms with Crippen LogP contribution >= 0.6 is 0 Å². The van der Waals surface area contributed by atoms with E-state index in [-0.39, 0.29) is 5.56 Å². The lowest BCUT2D eigenvalue weighted by atomic mass is 9.95. The monoisotopic (exact) mass is 184 g/mol. The van der Waals surface area contributed by atoms with Crippen molar-refractivity contribution in [2.24, 2.45) is 0 Å². The van der Waals surface area contributed by atoms with Gasteiger partial charge in [-0.05, 0) is 17.7 Å². The molecule has 0 atom stereocenters. The fourth-order valence-corrected chi connectivity index (χ4v) is 1.42. The lowest BCUT2D eigenvalue weighted by molar-refractivity contribution is 0.0543. The Morgan fingerprint density at radius 3 is 2.77 bits per heavy atom. The first-order valence-electron chi connectivity index (χ1n) is 3.93. The van der Waals surface area contributed by atoms with Crippen molar-refractivity contribution in [1.82, 2.24) is 0 Å². The second-order valence-electron chi connectivity index (χ2n) is 3.08. The van der Waals surface area contributed by atoms with Crippen molar-refractivity contribution in [3.63, 3.8) is 0 Å². The smallest absolute Gasteiger partial charge is 0.207 e. The van der Waals surface area contributed by atoms with Crippen molar-refractivity contribution in [3.05, 3.63) is 41.2 Å². The zero-order valence-corrected chi connectivity index (χ0v) is 6.73. The van der Waals surface area contributed by atoms with Crippen molar-refractivity contribution < 1.29 is 13.2 Å². The van der Waals surface area contributed by atoms with Gasteiger partial charge >= 0.3 is 0 Å². The summed E-state index contributed by atoms with van der Waals surface area (Å²) in [6.45, 7) is 0. The van der Waals surface area contributed by atoms with Crippen LogP contribution in [0.5, 0.6) is 0 Å². The number of rotatable bonds is 0. The first kappa shape index (κ1) is 8.35. The van der Waals surface area contributed by atoms with E-state index >= 15 is 0 Å². The Morgan fingerprint density at radius 2 is 2.00 bits per heavy atom. The lowest BCUT2D eigenvalue weighted by Gasteiger charge is -2.18.